The Balaban J connectivity index is 2.12. The number of anilines is 1. The van der Waals surface area contributed by atoms with Crippen LogP contribution in [0.3, 0.4) is 0 Å². The zero-order valence-corrected chi connectivity index (χ0v) is 12.1. The monoisotopic (exact) mass is 265 g/mol. The molecule has 0 aliphatic carbocycles. The molecule has 106 valence electrons. The van der Waals surface area contributed by atoms with Crippen LogP contribution in [0.25, 0.3) is 0 Å². The van der Waals surface area contributed by atoms with Crippen molar-refractivity contribution in [3.63, 3.8) is 0 Å². The molecule has 0 aromatic heterocycles. The standard InChI is InChI=1S/C16H24FNO/c1-4-16(3)7-9-18(10-8-16)15-6-5-13(12(2)19)11-14(15)17/h5-6,11-12,19H,4,7-10H2,1-3H3/t12-/m0/s1. The fraction of sp³-hybridized carbons (Fsp3) is 0.625. The van der Waals surface area contributed by atoms with Gasteiger partial charge in [-0.1, -0.05) is 26.3 Å². The third-order valence-corrected chi connectivity index (χ3v) is 4.62. The summed E-state index contributed by atoms with van der Waals surface area (Å²) in [5.41, 5.74) is 1.71. The molecular weight excluding hydrogens is 241 g/mol. The van der Waals surface area contributed by atoms with Gasteiger partial charge in [-0.25, -0.2) is 4.39 Å². The summed E-state index contributed by atoms with van der Waals surface area (Å²) in [5.74, 6) is -0.224. The molecule has 0 unspecified atom stereocenters. The summed E-state index contributed by atoms with van der Waals surface area (Å²) in [7, 11) is 0. The second-order valence-electron chi connectivity index (χ2n) is 6.04. The van der Waals surface area contributed by atoms with Crippen LogP contribution in [-0.2, 0) is 0 Å². The zero-order valence-electron chi connectivity index (χ0n) is 12.1. The molecule has 1 heterocycles. The summed E-state index contributed by atoms with van der Waals surface area (Å²) < 4.78 is 14.1. The Kier molecular flexibility index (Phi) is 4.14. The Morgan fingerprint density at radius 3 is 2.47 bits per heavy atom. The number of aliphatic hydroxyl groups excluding tert-OH is 1. The van der Waals surface area contributed by atoms with Gasteiger partial charge >= 0.3 is 0 Å². The van der Waals surface area contributed by atoms with Crippen LogP contribution in [0.5, 0.6) is 0 Å². The topological polar surface area (TPSA) is 23.5 Å². The van der Waals surface area contributed by atoms with E-state index in [2.05, 4.69) is 18.7 Å². The normalized spacial score (nSPS) is 20.4. The van der Waals surface area contributed by atoms with E-state index in [0.717, 1.165) is 25.9 Å². The highest BCUT2D eigenvalue weighted by Crippen LogP contribution is 2.36. The highest BCUT2D eigenvalue weighted by atomic mass is 19.1. The zero-order chi connectivity index (χ0) is 14.0. The van der Waals surface area contributed by atoms with Crippen molar-refractivity contribution < 1.29 is 9.50 Å². The van der Waals surface area contributed by atoms with Crippen LogP contribution in [0.2, 0.25) is 0 Å². The lowest BCUT2D eigenvalue weighted by Gasteiger charge is -2.40. The maximum absolute atomic E-state index is 14.1. The summed E-state index contributed by atoms with van der Waals surface area (Å²) in [6, 6.07) is 5.07. The maximum atomic E-state index is 14.1. The van der Waals surface area contributed by atoms with Crippen molar-refractivity contribution in [2.24, 2.45) is 5.41 Å². The van der Waals surface area contributed by atoms with E-state index in [9.17, 15) is 9.50 Å². The van der Waals surface area contributed by atoms with Crippen molar-refractivity contribution in [3.8, 4) is 0 Å². The van der Waals surface area contributed by atoms with Crippen molar-refractivity contribution in [1.82, 2.24) is 0 Å². The molecule has 0 saturated carbocycles. The van der Waals surface area contributed by atoms with E-state index in [1.54, 1.807) is 13.0 Å². The summed E-state index contributed by atoms with van der Waals surface area (Å²) in [6.45, 7) is 8.03. The number of benzene rings is 1. The number of piperidine rings is 1. The Morgan fingerprint density at radius 2 is 2.00 bits per heavy atom. The smallest absolute Gasteiger partial charge is 0.146 e. The van der Waals surface area contributed by atoms with E-state index in [1.807, 2.05) is 6.07 Å². The van der Waals surface area contributed by atoms with E-state index in [-0.39, 0.29) is 5.82 Å². The molecule has 2 rings (SSSR count). The number of halogens is 1. The van der Waals surface area contributed by atoms with Crippen LogP contribution in [-0.4, -0.2) is 18.2 Å². The van der Waals surface area contributed by atoms with Crippen LogP contribution >= 0.6 is 0 Å². The van der Waals surface area contributed by atoms with Gasteiger partial charge in [-0.15, -0.1) is 0 Å². The predicted molar refractivity (Wildman–Crippen MR) is 76.9 cm³/mol. The van der Waals surface area contributed by atoms with E-state index < -0.39 is 6.10 Å². The molecule has 1 aromatic rings. The lowest BCUT2D eigenvalue weighted by Crippen LogP contribution is -2.38. The van der Waals surface area contributed by atoms with Crippen molar-refractivity contribution >= 4 is 5.69 Å². The Labute approximate surface area is 115 Å². The fourth-order valence-corrected chi connectivity index (χ4v) is 2.68. The molecule has 0 bridgehead atoms. The largest absolute Gasteiger partial charge is 0.389 e. The van der Waals surface area contributed by atoms with Crippen LogP contribution in [0.1, 0.15) is 51.7 Å². The number of hydrogen-bond acceptors (Lipinski definition) is 2. The van der Waals surface area contributed by atoms with Crippen molar-refractivity contribution in [1.29, 1.82) is 0 Å². The van der Waals surface area contributed by atoms with Gasteiger partial charge in [0.1, 0.15) is 5.82 Å². The van der Waals surface area contributed by atoms with Gasteiger partial charge in [-0.3, -0.25) is 0 Å². The number of nitrogens with zero attached hydrogens (tertiary/aromatic N) is 1. The van der Waals surface area contributed by atoms with Crippen molar-refractivity contribution in [2.45, 2.75) is 46.1 Å². The summed E-state index contributed by atoms with van der Waals surface area (Å²) >= 11 is 0. The number of aliphatic hydroxyl groups is 1. The van der Waals surface area contributed by atoms with E-state index >= 15 is 0 Å². The minimum absolute atomic E-state index is 0.224. The molecule has 19 heavy (non-hydrogen) atoms. The second-order valence-corrected chi connectivity index (χ2v) is 6.04. The lowest BCUT2D eigenvalue weighted by atomic mass is 9.78. The van der Waals surface area contributed by atoms with Crippen LogP contribution in [0.15, 0.2) is 18.2 Å². The molecule has 1 aromatic carbocycles. The first-order valence-corrected chi connectivity index (χ1v) is 7.18. The van der Waals surface area contributed by atoms with Crippen molar-refractivity contribution in [3.05, 3.63) is 29.6 Å². The van der Waals surface area contributed by atoms with Crippen molar-refractivity contribution in [2.75, 3.05) is 18.0 Å². The number of hydrogen-bond donors (Lipinski definition) is 1. The van der Waals surface area contributed by atoms with Gasteiger partial charge in [0.25, 0.3) is 0 Å². The summed E-state index contributed by atoms with van der Waals surface area (Å²) in [6.07, 6.45) is 2.79. The quantitative estimate of drug-likeness (QED) is 0.896. The average Bonchev–Trinajstić information content (AvgIpc) is 2.40. The first-order valence-electron chi connectivity index (χ1n) is 7.18. The minimum atomic E-state index is -0.617. The molecule has 0 radical (unpaired) electrons. The molecule has 0 amide bonds. The first kappa shape index (κ1) is 14.3. The molecular formula is C16H24FNO. The lowest BCUT2D eigenvalue weighted by molar-refractivity contribution is 0.199. The first-order chi connectivity index (χ1) is 8.95. The van der Waals surface area contributed by atoms with E-state index in [0.29, 0.717) is 16.7 Å². The highest BCUT2D eigenvalue weighted by molar-refractivity contribution is 5.50. The van der Waals surface area contributed by atoms with Gasteiger partial charge in [-0.05, 0) is 42.9 Å². The molecule has 1 atom stereocenters. The van der Waals surface area contributed by atoms with E-state index in [4.69, 9.17) is 0 Å². The van der Waals surface area contributed by atoms with Crippen LogP contribution < -0.4 is 4.90 Å². The molecule has 1 N–H and O–H groups in total. The van der Waals surface area contributed by atoms with Crippen LogP contribution in [0.4, 0.5) is 10.1 Å². The molecule has 2 nitrogen and oxygen atoms in total. The SMILES string of the molecule is CCC1(C)CCN(c2ccc([C@H](C)O)cc2F)CC1. The van der Waals surface area contributed by atoms with Gasteiger partial charge in [0, 0.05) is 13.1 Å². The third-order valence-electron chi connectivity index (χ3n) is 4.62. The molecule has 1 aliphatic heterocycles. The van der Waals surface area contributed by atoms with Gasteiger partial charge in [0.15, 0.2) is 0 Å². The van der Waals surface area contributed by atoms with Gasteiger partial charge < -0.3 is 10.0 Å². The molecule has 0 spiro atoms. The minimum Gasteiger partial charge on any atom is -0.389 e. The molecule has 1 saturated heterocycles. The highest BCUT2D eigenvalue weighted by Gasteiger charge is 2.29. The fourth-order valence-electron chi connectivity index (χ4n) is 2.68. The second kappa shape index (κ2) is 5.49. The third kappa shape index (κ3) is 3.08. The van der Waals surface area contributed by atoms with Gasteiger partial charge in [0.2, 0.25) is 0 Å². The Morgan fingerprint density at radius 1 is 1.37 bits per heavy atom. The van der Waals surface area contributed by atoms with Crippen LogP contribution in [0, 0.1) is 11.2 Å². The Hall–Kier alpha value is -1.09. The molecule has 3 heteroatoms. The maximum Gasteiger partial charge on any atom is 0.146 e. The summed E-state index contributed by atoms with van der Waals surface area (Å²) in [5, 5.41) is 9.47. The van der Waals surface area contributed by atoms with Gasteiger partial charge in [0.05, 0.1) is 11.8 Å². The molecule has 1 aliphatic rings. The predicted octanol–water partition coefficient (Wildman–Crippen LogP) is 3.90. The van der Waals surface area contributed by atoms with E-state index in [1.165, 1.54) is 12.5 Å². The number of rotatable bonds is 3. The average molecular weight is 265 g/mol. The Bertz CT molecular complexity index is 436. The summed E-state index contributed by atoms with van der Waals surface area (Å²) in [4.78, 5) is 2.12. The van der Waals surface area contributed by atoms with Gasteiger partial charge in [-0.2, -0.15) is 0 Å². The molecule has 1 fully saturated rings.